The molecule has 0 heterocycles. The van der Waals surface area contributed by atoms with Gasteiger partial charge in [-0.25, -0.2) is 0 Å². The topological polar surface area (TPSA) is 44.5 Å². The molecule has 0 amide bonds. The third-order valence-electron chi connectivity index (χ3n) is 3.49. The number of benzene rings is 2. The fourth-order valence-electron chi connectivity index (χ4n) is 2.24. The maximum atomic E-state index is 5.84. The molecule has 0 spiro atoms. The Bertz CT molecular complexity index is 606. The molecule has 1 fully saturated rings. The van der Waals surface area contributed by atoms with E-state index >= 15 is 0 Å². The van der Waals surface area contributed by atoms with Crippen molar-refractivity contribution < 1.29 is 9.47 Å². The van der Waals surface area contributed by atoms with E-state index in [-0.39, 0.29) is 0 Å². The summed E-state index contributed by atoms with van der Waals surface area (Å²) in [7, 11) is 1.66. The SMILES string of the molecule is COc1ccc(-c2cccc(OC3CC3)c2)cc1CN. The molecule has 1 saturated carbocycles. The molecular weight excluding hydrogens is 250 g/mol. The van der Waals surface area contributed by atoms with Crippen LogP contribution in [-0.4, -0.2) is 13.2 Å². The molecule has 0 radical (unpaired) electrons. The van der Waals surface area contributed by atoms with Crippen molar-refractivity contribution in [3.05, 3.63) is 48.0 Å². The van der Waals surface area contributed by atoms with Crippen LogP contribution < -0.4 is 15.2 Å². The minimum absolute atomic E-state index is 0.417. The van der Waals surface area contributed by atoms with Gasteiger partial charge in [-0.05, 0) is 48.2 Å². The molecule has 3 nitrogen and oxygen atoms in total. The van der Waals surface area contributed by atoms with Crippen molar-refractivity contribution in [1.82, 2.24) is 0 Å². The fourth-order valence-corrected chi connectivity index (χ4v) is 2.24. The van der Waals surface area contributed by atoms with Crippen LogP contribution in [0.15, 0.2) is 42.5 Å². The zero-order chi connectivity index (χ0) is 13.9. The highest BCUT2D eigenvalue weighted by atomic mass is 16.5. The van der Waals surface area contributed by atoms with Gasteiger partial charge in [-0.2, -0.15) is 0 Å². The van der Waals surface area contributed by atoms with E-state index in [0.29, 0.717) is 12.6 Å². The van der Waals surface area contributed by atoms with E-state index in [9.17, 15) is 0 Å². The second-order valence-corrected chi connectivity index (χ2v) is 5.08. The highest BCUT2D eigenvalue weighted by Crippen LogP contribution is 2.31. The Kier molecular flexibility index (Phi) is 3.61. The summed E-state index contributed by atoms with van der Waals surface area (Å²) in [6.45, 7) is 0.468. The Morgan fingerprint density at radius 1 is 1.10 bits per heavy atom. The highest BCUT2D eigenvalue weighted by Gasteiger charge is 2.23. The van der Waals surface area contributed by atoms with Crippen LogP contribution in [0.1, 0.15) is 18.4 Å². The lowest BCUT2D eigenvalue weighted by atomic mass is 10.0. The average molecular weight is 269 g/mol. The monoisotopic (exact) mass is 269 g/mol. The molecule has 0 atom stereocenters. The minimum Gasteiger partial charge on any atom is -0.496 e. The van der Waals surface area contributed by atoms with Crippen molar-refractivity contribution in [2.75, 3.05) is 7.11 Å². The number of ether oxygens (including phenoxy) is 2. The van der Waals surface area contributed by atoms with E-state index in [0.717, 1.165) is 28.2 Å². The molecule has 3 heteroatoms. The number of hydrogen-bond donors (Lipinski definition) is 1. The molecule has 2 N–H and O–H groups in total. The number of methoxy groups -OCH3 is 1. The first-order chi connectivity index (χ1) is 9.80. The van der Waals surface area contributed by atoms with Crippen molar-refractivity contribution in [2.24, 2.45) is 5.73 Å². The van der Waals surface area contributed by atoms with Gasteiger partial charge in [0.25, 0.3) is 0 Å². The van der Waals surface area contributed by atoms with Crippen LogP contribution in [-0.2, 0) is 6.54 Å². The standard InChI is InChI=1S/C17H19NO2/c1-19-17-8-5-13(9-14(17)11-18)12-3-2-4-16(10-12)20-15-6-7-15/h2-5,8-10,15H,6-7,11,18H2,1H3. The second kappa shape index (κ2) is 5.55. The Morgan fingerprint density at radius 2 is 1.90 bits per heavy atom. The van der Waals surface area contributed by atoms with E-state index < -0.39 is 0 Å². The van der Waals surface area contributed by atoms with Crippen molar-refractivity contribution in [2.45, 2.75) is 25.5 Å². The summed E-state index contributed by atoms with van der Waals surface area (Å²) < 4.78 is 11.1. The number of rotatable bonds is 5. The smallest absolute Gasteiger partial charge is 0.123 e. The van der Waals surface area contributed by atoms with Gasteiger partial charge in [-0.1, -0.05) is 18.2 Å². The van der Waals surface area contributed by atoms with Crippen LogP contribution >= 0.6 is 0 Å². The zero-order valence-electron chi connectivity index (χ0n) is 11.6. The van der Waals surface area contributed by atoms with Crippen molar-refractivity contribution in [3.8, 4) is 22.6 Å². The maximum Gasteiger partial charge on any atom is 0.123 e. The summed E-state index contributed by atoms with van der Waals surface area (Å²) in [5, 5.41) is 0. The summed E-state index contributed by atoms with van der Waals surface area (Å²) in [5.41, 5.74) is 9.06. The van der Waals surface area contributed by atoms with Crippen molar-refractivity contribution in [3.63, 3.8) is 0 Å². The number of hydrogen-bond acceptors (Lipinski definition) is 3. The quantitative estimate of drug-likeness (QED) is 0.905. The predicted octanol–water partition coefficient (Wildman–Crippen LogP) is 3.36. The lowest BCUT2D eigenvalue weighted by molar-refractivity contribution is 0.303. The second-order valence-electron chi connectivity index (χ2n) is 5.08. The lowest BCUT2D eigenvalue weighted by Gasteiger charge is -2.11. The maximum absolute atomic E-state index is 5.84. The first kappa shape index (κ1) is 13.0. The normalized spacial score (nSPS) is 14.1. The van der Waals surface area contributed by atoms with Crippen molar-refractivity contribution >= 4 is 0 Å². The molecule has 0 unspecified atom stereocenters. The average Bonchev–Trinajstić information content (AvgIpc) is 3.30. The van der Waals surface area contributed by atoms with Crippen LogP contribution in [0.3, 0.4) is 0 Å². The molecule has 104 valence electrons. The molecule has 1 aliphatic carbocycles. The molecule has 0 bridgehead atoms. The summed E-state index contributed by atoms with van der Waals surface area (Å²) in [5.74, 6) is 1.77. The first-order valence-corrected chi connectivity index (χ1v) is 6.94. The molecule has 0 aromatic heterocycles. The Hall–Kier alpha value is -2.00. The molecule has 1 aliphatic rings. The summed E-state index contributed by atoms with van der Waals surface area (Å²) in [6.07, 6.45) is 2.76. The summed E-state index contributed by atoms with van der Waals surface area (Å²) in [6, 6.07) is 14.3. The van der Waals surface area contributed by atoms with E-state index in [4.69, 9.17) is 15.2 Å². The fraction of sp³-hybridized carbons (Fsp3) is 0.294. The Labute approximate surface area is 119 Å². The Morgan fingerprint density at radius 3 is 2.60 bits per heavy atom. The molecule has 2 aromatic carbocycles. The van der Waals surface area contributed by atoms with Gasteiger partial charge in [-0.15, -0.1) is 0 Å². The van der Waals surface area contributed by atoms with Crippen LogP contribution in [0.25, 0.3) is 11.1 Å². The van der Waals surface area contributed by atoms with Gasteiger partial charge < -0.3 is 15.2 Å². The van der Waals surface area contributed by atoms with E-state index in [1.165, 1.54) is 12.8 Å². The third-order valence-corrected chi connectivity index (χ3v) is 3.49. The van der Waals surface area contributed by atoms with E-state index in [2.05, 4.69) is 18.2 Å². The largest absolute Gasteiger partial charge is 0.496 e. The van der Waals surface area contributed by atoms with E-state index in [1.807, 2.05) is 24.3 Å². The van der Waals surface area contributed by atoms with Gasteiger partial charge in [0, 0.05) is 12.1 Å². The third kappa shape index (κ3) is 2.78. The lowest BCUT2D eigenvalue weighted by Crippen LogP contribution is -2.00. The van der Waals surface area contributed by atoms with Gasteiger partial charge in [0.05, 0.1) is 13.2 Å². The molecule has 2 aromatic rings. The molecule has 3 rings (SSSR count). The van der Waals surface area contributed by atoms with Gasteiger partial charge >= 0.3 is 0 Å². The van der Waals surface area contributed by atoms with Crippen LogP contribution in [0.4, 0.5) is 0 Å². The van der Waals surface area contributed by atoms with Gasteiger partial charge in [0.2, 0.25) is 0 Å². The summed E-state index contributed by atoms with van der Waals surface area (Å²) >= 11 is 0. The zero-order valence-corrected chi connectivity index (χ0v) is 11.6. The predicted molar refractivity (Wildman–Crippen MR) is 80.0 cm³/mol. The van der Waals surface area contributed by atoms with E-state index in [1.54, 1.807) is 7.11 Å². The molecule has 20 heavy (non-hydrogen) atoms. The van der Waals surface area contributed by atoms with Crippen LogP contribution in [0.5, 0.6) is 11.5 Å². The number of nitrogens with two attached hydrogens (primary N) is 1. The molecule has 0 saturated heterocycles. The first-order valence-electron chi connectivity index (χ1n) is 6.94. The molecular formula is C17H19NO2. The minimum atomic E-state index is 0.417. The van der Waals surface area contributed by atoms with Crippen molar-refractivity contribution in [1.29, 1.82) is 0 Å². The van der Waals surface area contributed by atoms with Crippen LogP contribution in [0.2, 0.25) is 0 Å². The highest BCUT2D eigenvalue weighted by molar-refractivity contribution is 5.67. The van der Waals surface area contributed by atoms with Gasteiger partial charge in [0.15, 0.2) is 0 Å². The Balaban J connectivity index is 1.91. The molecule has 0 aliphatic heterocycles. The summed E-state index contributed by atoms with van der Waals surface area (Å²) in [4.78, 5) is 0. The van der Waals surface area contributed by atoms with Crippen LogP contribution in [0, 0.1) is 0 Å². The van der Waals surface area contributed by atoms with Gasteiger partial charge in [0.1, 0.15) is 11.5 Å². The van der Waals surface area contributed by atoms with Gasteiger partial charge in [-0.3, -0.25) is 0 Å².